The highest BCUT2D eigenvalue weighted by Crippen LogP contribution is 2.23. The van der Waals surface area contributed by atoms with E-state index in [1.807, 2.05) is 36.0 Å². The largest absolute Gasteiger partial charge is 0.358 e. The quantitative estimate of drug-likeness (QED) is 0.540. The third-order valence-corrected chi connectivity index (χ3v) is 5.05. The van der Waals surface area contributed by atoms with Crippen molar-refractivity contribution < 1.29 is 4.79 Å². The van der Waals surface area contributed by atoms with E-state index >= 15 is 0 Å². The van der Waals surface area contributed by atoms with Crippen LogP contribution < -0.4 is 5.32 Å². The Kier molecular flexibility index (Phi) is 4.98. The van der Waals surface area contributed by atoms with Gasteiger partial charge in [-0.25, -0.2) is 4.68 Å². The minimum Gasteiger partial charge on any atom is -0.358 e. The zero-order valence-corrected chi connectivity index (χ0v) is 16.2. The summed E-state index contributed by atoms with van der Waals surface area (Å²) in [5.74, 6) is 0.0543. The monoisotopic (exact) mass is 372 g/mol. The highest BCUT2D eigenvalue weighted by Gasteiger charge is 2.12. The molecule has 0 unspecified atom stereocenters. The van der Waals surface area contributed by atoms with Crippen LogP contribution in [0.25, 0.3) is 16.6 Å². The standard InChI is InChI=1S/C23H24N4O/c1-16-4-9-22-21(14-16)20(17(2)26-22)15-23(28)24-12-10-18-5-7-19(8-6-18)27-13-3-11-25-27/h3-9,11,13-14,26H,10,12,15H2,1-2H3,(H,24,28). The molecule has 142 valence electrons. The van der Waals surface area contributed by atoms with Gasteiger partial charge in [0.15, 0.2) is 0 Å². The van der Waals surface area contributed by atoms with Gasteiger partial charge in [0.25, 0.3) is 0 Å². The normalized spacial score (nSPS) is 11.1. The number of aromatic amines is 1. The van der Waals surface area contributed by atoms with E-state index in [4.69, 9.17) is 0 Å². The average molecular weight is 372 g/mol. The van der Waals surface area contributed by atoms with E-state index in [0.29, 0.717) is 13.0 Å². The molecule has 2 N–H and O–H groups in total. The number of amides is 1. The first-order valence-electron chi connectivity index (χ1n) is 9.53. The van der Waals surface area contributed by atoms with Gasteiger partial charge in [0.05, 0.1) is 12.1 Å². The second kappa shape index (κ2) is 7.72. The van der Waals surface area contributed by atoms with Gasteiger partial charge in [-0.2, -0.15) is 5.10 Å². The van der Waals surface area contributed by atoms with Crippen LogP contribution in [0.5, 0.6) is 0 Å². The summed E-state index contributed by atoms with van der Waals surface area (Å²) in [6, 6.07) is 16.4. The van der Waals surface area contributed by atoms with Crippen LogP contribution in [0, 0.1) is 13.8 Å². The SMILES string of the molecule is Cc1ccc2[nH]c(C)c(CC(=O)NCCc3ccc(-n4cccn4)cc3)c2c1. The van der Waals surface area contributed by atoms with E-state index in [0.717, 1.165) is 34.3 Å². The molecule has 4 rings (SSSR count). The predicted molar refractivity (Wildman–Crippen MR) is 112 cm³/mol. The Bertz CT molecular complexity index is 1090. The molecule has 0 saturated carbocycles. The maximum Gasteiger partial charge on any atom is 0.224 e. The molecule has 4 aromatic rings. The van der Waals surface area contributed by atoms with E-state index in [9.17, 15) is 4.79 Å². The fourth-order valence-corrected chi connectivity index (χ4v) is 3.53. The summed E-state index contributed by atoms with van der Waals surface area (Å²) < 4.78 is 1.83. The number of hydrogen-bond acceptors (Lipinski definition) is 2. The molecule has 0 atom stereocenters. The van der Waals surface area contributed by atoms with Gasteiger partial charge in [0.1, 0.15) is 0 Å². The van der Waals surface area contributed by atoms with Crippen molar-refractivity contribution in [2.75, 3.05) is 6.54 Å². The molecule has 0 aliphatic carbocycles. The van der Waals surface area contributed by atoms with E-state index < -0.39 is 0 Å². The predicted octanol–water partition coefficient (Wildman–Crippen LogP) is 3.87. The Morgan fingerprint density at radius 1 is 1.14 bits per heavy atom. The van der Waals surface area contributed by atoms with Crippen molar-refractivity contribution in [1.82, 2.24) is 20.1 Å². The number of nitrogens with zero attached hydrogens (tertiary/aromatic N) is 2. The zero-order valence-electron chi connectivity index (χ0n) is 16.2. The second-order valence-electron chi connectivity index (χ2n) is 7.17. The molecule has 2 heterocycles. The molecule has 0 spiro atoms. The lowest BCUT2D eigenvalue weighted by molar-refractivity contribution is -0.120. The number of benzene rings is 2. The van der Waals surface area contributed by atoms with Crippen molar-refractivity contribution in [3.8, 4) is 5.69 Å². The van der Waals surface area contributed by atoms with Gasteiger partial charge in [-0.1, -0.05) is 23.8 Å². The summed E-state index contributed by atoms with van der Waals surface area (Å²) in [5.41, 5.74) is 6.65. The van der Waals surface area contributed by atoms with E-state index in [2.05, 4.69) is 52.7 Å². The van der Waals surface area contributed by atoms with Crippen molar-refractivity contribution in [2.45, 2.75) is 26.7 Å². The minimum atomic E-state index is 0.0543. The Labute approximate surface area is 164 Å². The Morgan fingerprint density at radius 2 is 1.96 bits per heavy atom. The van der Waals surface area contributed by atoms with Gasteiger partial charge in [-0.3, -0.25) is 4.79 Å². The molecule has 28 heavy (non-hydrogen) atoms. The summed E-state index contributed by atoms with van der Waals surface area (Å²) in [6.45, 7) is 4.72. The van der Waals surface area contributed by atoms with Crippen LogP contribution in [0.15, 0.2) is 60.9 Å². The maximum absolute atomic E-state index is 12.5. The summed E-state index contributed by atoms with van der Waals surface area (Å²) in [6.07, 6.45) is 4.88. The average Bonchev–Trinajstić information content (AvgIpc) is 3.32. The summed E-state index contributed by atoms with van der Waals surface area (Å²) in [7, 11) is 0. The summed E-state index contributed by atoms with van der Waals surface area (Å²) in [5, 5.41) is 8.42. The van der Waals surface area contributed by atoms with Crippen LogP contribution in [-0.4, -0.2) is 27.2 Å². The van der Waals surface area contributed by atoms with Crippen LogP contribution in [0.2, 0.25) is 0 Å². The number of carbonyl (C=O) groups is 1. The van der Waals surface area contributed by atoms with Crippen LogP contribution in [0.3, 0.4) is 0 Å². The molecule has 0 fully saturated rings. The van der Waals surface area contributed by atoms with Crippen LogP contribution in [0.1, 0.15) is 22.4 Å². The maximum atomic E-state index is 12.5. The Morgan fingerprint density at radius 3 is 2.71 bits per heavy atom. The molecule has 0 bridgehead atoms. The molecule has 0 aliphatic heterocycles. The molecular formula is C23H24N4O. The molecular weight excluding hydrogens is 348 g/mol. The third kappa shape index (κ3) is 3.83. The number of carbonyl (C=O) groups excluding carboxylic acids is 1. The number of rotatable bonds is 6. The van der Waals surface area contributed by atoms with Gasteiger partial charge < -0.3 is 10.3 Å². The first-order valence-corrected chi connectivity index (χ1v) is 9.53. The van der Waals surface area contributed by atoms with Crippen molar-refractivity contribution in [3.63, 3.8) is 0 Å². The molecule has 5 heteroatoms. The smallest absolute Gasteiger partial charge is 0.224 e. The number of nitrogens with one attached hydrogen (secondary N) is 2. The first kappa shape index (κ1) is 18.0. The topological polar surface area (TPSA) is 62.7 Å². The highest BCUT2D eigenvalue weighted by molar-refractivity contribution is 5.90. The minimum absolute atomic E-state index is 0.0543. The number of aryl methyl sites for hydroxylation is 2. The molecule has 5 nitrogen and oxygen atoms in total. The molecule has 2 aromatic carbocycles. The van der Waals surface area contributed by atoms with Crippen molar-refractivity contribution in [1.29, 1.82) is 0 Å². The van der Waals surface area contributed by atoms with Crippen molar-refractivity contribution in [2.24, 2.45) is 0 Å². The number of H-pyrrole nitrogens is 1. The van der Waals surface area contributed by atoms with E-state index in [1.54, 1.807) is 6.20 Å². The number of hydrogen-bond donors (Lipinski definition) is 2. The first-order chi connectivity index (χ1) is 13.6. The molecule has 0 aliphatic rings. The number of fused-ring (bicyclic) bond motifs is 1. The summed E-state index contributed by atoms with van der Waals surface area (Å²) in [4.78, 5) is 15.8. The van der Waals surface area contributed by atoms with Crippen LogP contribution in [0.4, 0.5) is 0 Å². The van der Waals surface area contributed by atoms with Gasteiger partial charge >= 0.3 is 0 Å². The Hall–Kier alpha value is -3.34. The molecule has 0 saturated heterocycles. The summed E-state index contributed by atoms with van der Waals surface area (Å²) >= 11 is 0. The molecule has 0 radical (unpaired) electrons. The van der Waals surface area contributed by atoms with Gasteiger partial charge in [-0.15, -0.1) is 0 Å². The molecule has 1 amide bonds. The van der Waals surface area contributed by atoms with E-state index in [1.165, 1.54) is 11.1 Å². The fraction of sp³-hybridized carbons (Fsp3) is 0.217. The van der Waals surface area contributed by atoms with Crippen molar-refractivity contribution >= 4 is 16.8 Å². The highest BCUT2D eigenvalue weighted by atomic mass is 16.1. The molecule has 2 aromatic heterocycles. The number of aromatic nitrogens is 3. The zero-order chi connectivity index (χ0) is 19.5. The van der Waals surface area contributed by atoms with E-state index in [-0.39, 0.29) is 5.91 Å². The Balaban J connectivity index is 1.34. The fourth-order valence-electron chi connectivity index (χ4n) is 3.53. The van der Waals surface area contributed by atoms with Crippen LogP contribution >= 0.6 is 0 Å². The van der Waals surface area contributed by atoms with Crippen molar-refractivity contribution in [3.05, 3.63) is 83.3 Å². The lowest BCUT2D eigenvalue weighted by atomic mass is 10.1. The van der Waals surface area contributed by atoms with Gasteiger partial charge in [0, 0.05) is 35.5 Å². The van der Waals surface area contributed by atoms with Gasteiger partial charge in [-0.05, 0) is 61.7 Å². The van der Waals surface area contributed by atoms with Crippen LogP contribution in [-0.2, 0) is 17.6 Å². The van der Waals surface area contributed by atoms with Gasteiger partial charge in [0.2, 0.25) is 5.91 Å². The lowest BCUT2D eigenvalue weighted by Gasteiger charge is -2.07. The third-order valence-electron chi connectivity index (χ3n) is 5.05. The lowest BCUT2D eigenvalue weighted by Crippen LogP contribution is -2.27. The second-order valence-corrected chi connectivity index (χ2v) is 7.17.